The summed E-state index contributed by atoms with van der Waals surface area (Å²) >= 11 is 0. The number of methoxy groups -OCH3 is 1. The minimum atomic E-state index is -0.423. The van der Waals surface area contributed by atoms with Crippen LogP contribution in [-0.4, -0.2) is 46.2 Å². The summed E-state index contributed by atoms with van der Waals surface area (Å²) in [6.45, 7) is 4.04. The van der Waals surface area contributed by atoms with Crippen LogP contribution in [0.25, 0.3) is 0 Å². The van der Waals surface area contributed by atoms with Crippen LogP contribution in [-0.2, 0) is 11.8 Å². The molecule has 0 saturated heterocycles. The van der Waals surface area contributed by atoms with Gasteiger partial charge in [-0.25, -0.2) is 4.68 Å². The number of anilines is 1. The maximum Gasteiger partial charge on any atom is 0.334 e. The Hall–Kier alpha value is -1.67. The molecule has 1 heterocycles. The first-order valence-electron chi connectivity index (χ1n) is 6.49. The summed E-state index contributed by atoms with van der Waals surface area (Å²) in [6.07, 6.45) is 0.438. The van der Waals surface area contributed by atoms with E-state index in [1.165, 1.54) is 4.68 Å². The molecule has 8 nitrogen and oxygen atoms in total. The molecule has 0 saturated carbocycles. The van der Waals surface area contributed by atoms with Crippen LogP contribution < -0.4 is 5.32 Å². The van der Waals surface area contributed by atoms with E-state index in [1.54, 1.807) is 14.2 Å². The summed E-state index contributed by atoms with van der Waals surface area (Å²) in [7, 11) is 3.20. The van der Waals surface area contributed by atoms with Crippen molar-refractivity contribution in [2.24, 2.45) is 7.05 Å². The number of nitrogens with zero attached hydrogens (tertiary/aromatic N) is 3. The highest BCUT2D eigenvalue weighted by Gasteiger charge is 2.29. The number of aryl methyl sites for hydroxylation is 1. The zero-order valence-corrected chi connectivity index (χ0v) is 12.3. The number of hydrogen-bond acceptors (Lipinski definition) is 6. The second-order valence-corrected chi connectivity index (χ2v) is 4.93. The van der Waals surface area contributed by atoms with Crippen LogP contribution >= 0.6 is 0 Å². The molecule has 0 aromatic carbocycles. The molecule has 20 heavy (non-hydrogen) atoms. The van der Waals surface area contributed by atoms with Gasteiger partial charge >= 0.3 is 5.69 Å². The second kappa shape index (κ2) is 7.20. The van der Waals surface area contributed by atoms with Gasteiger partial charge in [0.25, 0.3) is 0 Å². The maximum atomic E-state index is 11.3. The molecule has 0 bridgehead atoms. The van der Waals surface area contributed by atoms with Crippen LogP contribution in [0.1, 0.15) is 31.9 Å². The van der Waals surface area contributed by atoms with E-state index in [2.05, 4.69) is 10.4 Å². The largest absolute Gasteiger partial charge is 0.396 e. The number of aliphatic hydroxyl groups is 1. The van der Waals surface area contributed by atoms with Crippen molar-refractivity contribution in [3.8, 4) is 0 Å². The number of rotatable bonds is 8. The van der Waals surface area contributed by atoms with Crippen molar-refractivity contribution >= 4 is 11.5 Å². The molecule has 0 aliphatic heterocycles. The van der Waals surface area contributed by atoms with Crippen molar-refractivity contribution in [3.63, 3.8) is 0 Å². The fourth-order valence-corrected chi connectivity index (χ4v) is 2.01. The molecule has 0 radical (unpaired) electrons. The van der Waals surface area contributed by atoms with E-state index in [1.807, 2.05) is 13.8 Å². The molecule has 0 aliphatic carbocycles. The zero-order valence-electron chi connectivity index (χ0n) is 12.3. The number of aromatic nitrogens is 2. The molecule has 1 aromatic rings. The third kappa shape index (κ3) is 3.67. The first-order chi connectivity index (χ1) is 9.42. The first-order valence-corrected chi connectivity index (χ1v) is 6.49. The smallest absolute Gasteiger partial charge is 0.334 e. The Labute approximate surface area is 117 Å². The van der Waals surface area contributed by atoms with E-state index in [-0.39, 0.29) is 24.3 Å². The van der Waals surface area contributed by atoms with Crippen molar-refractivity contribution in [3.05, 3.63) is 15.8 Å². The maximum absolute atomic E-state index is 11.3. The number of hydrogen-bond donors (Lipinski definition) is 2. The highest BCUT2D eigenvalue weighted by atomic mass is 16.6. The average Bonchev–Trinajstić information content (AvgIpc) is 2.68. The minimum absolute atomic E-state index is 0.0125. The van der Waals surface area contributed by atoms with Crippen LogP contribution in [0.5, 0.6) is 0 Å². The predicted octanol–water partition coefficient (Wildman–Crippen LogP) is 1.26. The second-order valence-electron chi connectivity index (χ2n) is 4.93. The highest BCUT2D eigenvalue weighted by Crippen LogP contribution is 2.33. The summed E-state index contributed by atoms with van der Waals surface area (Å²) in [5, 5.41) is 27.6. The predicted molar refractivity (Wildman–Crippen MR) is 74.9 cm³/mol. The Morgan fingerprint density at radius 1 is 1.55 bits per heavy atom. The SMILES string of the molecule is COCC(CCO)Nc1c([N+](=O)[O-])c(C(C)C)nn1C. The summed E-state index contributed by atoms with van der Waals surface area (Å²) < 4.78 is 6.52. The average molecular weight is 286 g/mol. The van der Waals surface area contributed by atoms with Crippen LogP contribution in [0.15, 0.2) is 0 Å². The van der Waals surface area contributed by atoms with E-state index in [0.29, 0.717) is 24.5 Å². The summed E-state index contributed by atoms with van der Waals surface area (Å²) in [4.78, 5) is 10.9. The molecular weight excluding hydrogens is 264 g/mol. The number of nitro groups is 1. The summed E-state index contributed by atoms with van der Waals surface area (Å²) in [6, 6.07) is -0.209. The molecule has 1 rings (SSSR count). The van der Waals surface area contributed by atoms with E-state index < -0.39 is 4.92 Å². The Morgan fingerprint density at radius 3 is 2.65 bits per heavy atom. The lowest BCUT2D eigenvalue weighted by Gasteiger charge is -2.17. The number of aliphatic hydroxyl groups excluding tert-OH is 1. The fourth-order valence-electron chi connectivity index (χ4n) is 2.01. The van der Waals surface area contributed by atoms with Crippen LogP contribution in [0, 0.1) is 10.1 Å². The van der Waals surface area contributed by atoms with Gasteiger partial charge in [0.15, 0.2) is 0 Å². The highest BCUT2D eigenvalue weighted by molar-refractivity contribution is 5.61. The van der Waals surface area contributed by atoms with Gasteiger partial charge < -0.3 is 15.2 Å². The van der Waals surface area contributed by atoms with Gasteiger partial charge in [0, 0.05) is 26.7 Å². The normalized spacial score (nSPS) is 12.7. The Morgan fingerprint density at radius 2 is 2.20 bits per heavy atom. The molecule has 114 valence electrons. The van der Waals surface area contributed by atoms with Gasteiger partial charge in [-0.3, -0.25) is 10.1 Å². The minimum Gasteiger partial charge on any atom is -0.396 e. The molecule has 1 atom stereocenters. The zero-order chi connectivity index (χ0) is 15.3. The third-order valence-electron chi connectivity index (χ3n) is 2.96. The van der Waals surface area contributed by atoms with Gasteiger partial charge in [0.2, 0.25) is 5.82 Å². The lowest BCUT2D eigenvalue weighted by atomic mass is 10.1. The molecule has 1 aromatic heterocycles. The summed E-state index contributed by atoms with van der Waals surface area (Å²) in [5.41, 5.74) is 0.432. The molecule has 0 aliphatic rings. The van der Waals surface area contributed by atoms with Gasteiger partial charge in [-0.1, -0.05) is 13.8 Å². The standard InChI is InChI=1S/C12H22N4O4/c1-8(2)10-11(16(18)19)12(15(3)14-10)13-9(5-6-17)7-20-4/h8-9,13,17H,5-7H2,1-4H3. The molecule has 1 unspecified atom stereocenters. The first kappa shape index (κ1) is 16.4. The Kier molecular flexibility index (Phi) is 5.90. The van der Waals surface area contributed by atoms with Crippen molar-refractivity contribution in [2.75, 3.05) is 25.6 Å². The third-order valence-corrected chi connectivity index (χ3v) is 2.96. The van der Waals surface area contributed by atoms with E-state index >= 15 is 0 Å². The van der Waals surface area contributed by atoms with Gasteiger partial charge in [-0.15, -0.1) is 0 Å². The lowest BCUT2D eigenvalue weighted by Crippen LogP contribution is -2.27. The van der Waals surface area contributed by atoms with E-state index in [4.69, 9.17) is 9.84 Å². The molecule has 0 spiro atoms. The number of nitrogens with one attached hydrogen (secondary N) is 1. The molecule has 2 N–H and O–H groups in total. The van der Waals surface area contributed by atoms with Gasteiger partial charge in [-0.2, -0.15) is 5.10 Å². The van der Waals surface area contributed by atoms with Crippen molar-refractivity contribution in [1.29, 1.82) is 0 Å². The topological polar surface area (TPSA) is 102 Å². The quantitative estimate of drug-likeness (QED) is 0.551. The monoisotopic (exact) mass is 286 g/mol. The van der Waals surface area contributed by atoms with Crippen LogP contribution in [0.4, 0.5) is 11.5 Å². The Balaban J connectivity index is 3.12. The van der Waals surface area contributed by atoms with Crippen LogP contribution in [0.2, 0.25) is 0 Å². The van der Waals surface area contributed by atoms with Gasteiger partial charge in [0.1, 0.15) is 5.69 Å². The fraction of sp³-hybridized carbons (Fsp3) is 0.750. The Bertz CT molecular complexity index is 453. The number of ether oxygens (including phenoxy) is 1. The van der Waals surface area contributed by atoms with Crippen LogP contribution in [0.3, 0.4) is 0 Å². The van der Waals surface area contributed by atoms with E-state index in [0.717, 1.165) is 0 Å². The lowest BCUT2D eigenvalue weighted by molar-refractivity contribution is -0.384. The van der Waals surface area contributed by atoms with E-state index in [9.17, 15) is 10.1 Å². The van der Waals surface area contributed by atoms with Gasteiger partial charge in [0.05, 0.1) is 17.6 Å². The van der Waals surface area contributed by atoms with Crippen molar-refractivity contribution in [2.45, 2.75) is 32.2 Å². The molecule has 0 fully saturated rings. The molecule has 0 amide bonds. The van der Waals surface area contributed by atoms with Crippen molar-refractivity contribution < 1.29 is 14.8 Å². The van der Waals surface area contributed by atoms with Crippen molar-refractivity contribution in [1.82, 2.24) is 9.78 Å². The molecule has 8 heteroatoms. The summed E-state index contributed by atoms with van der Waals surface area (Å²) in [5.74, 6) is 0.296. The molecular formula is C12H22N4O4. The van der Waals surface area contributed by atoms with Gasteiger partial charge in [-0.05, 0) is 6.42 Å².